The van der Waals surface area contributed by atoms with E-state index in [2.05, 4.69) is 20.8 Å². The van der Waals surface area contributed by atoms with Gasteiger partial charge in [-0.05, 0) is 47.4 Å². The molecule has 1 aromatic heterocycles. The van der Waals surface area contributed by atoms with Crippen molar-refractivity contribution < 1.29 is 4.79 Å². The SMILES string of the molecule is NC(CC(=O)Nc1cccc(-n2cnnn2)c1)C1CC1. The first-order valence-corrected chi connectivity index (χ1v) is 6.61. The molecule has 20 heavy (non-hydrogen) atoms. The Labute approximate surface area is 116 Å². The van der Waals surface area contributed by atoms with Crippen LogP contribution in [0.5, 0.6) is 0 Å². The lowest BCUT2D eigenvalue weighted by atomic mass is 10.1. The van der Waals surface area contributed by atoms with Crippen LogP contribution in [0.25, 0.3) is 5.69 Å². The van der Waals surface area contributed by atoms with E-state index in [1.165, 1.54) is 11.0 Å². The van der Waals surface area contributed by atoms with E-state index in [-0.39, 0.29) is 11.9 Å². The number of anilines is 1. The number of rotatable bonds is 5. The molecule has 0 aliphatic heterocycles. The van der Waals surface area contributed by atoms with Crippen LogP contribution in [0.2, 0.25) is 0 Å². The summed E-state index contributed by atoms with van der Waals surface area (Å²) in [4.78, 5) is 11.9. The molecular formula is C13H16N6O. The quantitative estimate of drug-likeness (QED) is 0.836. The Bertz CT molecular complexity index is 593. The maximum Gasteiger partial charge on any atom is 0.225 e. The highest BCUT2D eigenvalue weighted by molar-refractivity contribution is 5.91. The molecule has 7 nitrogen and oxygen atoms in total. The van der Waals surface area contributed by atoms with Gasteiger partial charge in [-0.15, -0.1) is 5.10 Å². The molecule has 0 bridgehead atoms. The van der Waals surface area contributed by atoms with Crippen LogP contribution in [0, 0.1) is 5.92 Å². The average molecular weight is 272 g/mol. The van der Waals surface area contributed by atoms with Gasteiger partial charge in [0.1, 0.15) is 6.33 Å². The van der Waals surface area contributed by atoms with Gasteiger partial charge in [0.25, 0.3) is 0 Å². The first-order chi connectivity index (χ1) is 9.72. The Kier molecular flexibility index (Phi) is 3.42. The molecule has 1 aliphatic carbocycles. The molecule has 3 rings (SSSR count). The molecule has 104 valence electrons. The highest BCUT2D eigenvalue weighted by atomic mass is 16.1. The van der Waals surface area contributed by atoms with Crippen molar-refractivity contribution >= 4 is 11.6 Å². The summed E-state index contributed by atoms with van der Waals surface area (Å²) >= 11 is 0. The predicted molar refractivity (Wildman–Crippen MR) is 73.1 cm³/mol. The number of carbonyl (C=O) groups is 1. The average Bonchev–Trinajstić information content (AvgIpc) is 3.14. The minimum atomic E-state index is -0.0572. The summed E-state index contributed by atoms with van der Waals surface area (Å²) in [6, 6.07) is 7.32. The molecule has 7 heteroatoms. The van der Waals surface area contributed by atoms with Gasteiger partial charge in [-0.3, -0.25) is 4.79 Å². The molecule has 1 heterocycles. The van der Waals surface area contributed by atoms with Gasteiger partial charge in [-0.1, -0.05) is 6.07 Å². The number of tetrazole rings is 1. The van der Waals surface area contributed by atoms with Crippen molar-refractivity contribution in [2.75, 3.05) is 5.32 Å². The van der Waals surface area contributed by atoms with Crippen molar-refractivity contribution in [3.63, 3.8) is 0 Å². The fraction of sp³-hybridized carbons (Fsp3) is 0.385. The van der Waals surface area contributed by atoms with E-state index in [1.54, 1.807) is 0 Å². The Balaban J connectivity index is 1.65. The van der Waals surface area contributed by atoms with Crippen molar-refractivity contribution in [3.05, 3.63) is 30.6 Å². The van der Waals surface area contributed by atoms with Crippen LogP contribution in [0.3, 0.4) is 0 Å². The summed E-state index contributed by atoms with van der Waals surface area (Å²) in [5, 5.41) is 13.8. The number of nitrogens with two attached hydrogens (primary N) is 1. The van der Waals surface area contributed by atoms with Gasteiger partial charge < -0.3 is 11.1 Å². The van der Waals surface area contributed by atoms with E-state index < -0.39 is 0 Å². The van der Waals surface area contributed by atoms with E-state index in [4.69, 9.17) is 5.73 Å². The predicted octanol–water partition coefficient (Wildman–Crippen LogP) is 0.728. The van der Waals surface area contributed by atoms with Crippen molar-refractivity contribution in [2.45, 2.75) is 25.3 Å². The lowest BCUT2D eigenvalue weighted by Crippen LogP contribution is -2.28. The second-order valence-electron chi connectivity index (χ2n) is 5.06. The largest absolute Gasteiger partial charge is 0.327 e. The van der Waals surface area contributed by atoms with Gasteiger partial charge >= 0.3 is 0 Å². The summed E-state index contributed by atoms with van der Waals surface area (Å²) in [5.41, 5.74) is 7.45. The number of amides is 1. The molecule has 0 spiro atoms. The highest BCUT2D eigenvalue weighted by Crippen LogP contribution is 2.32. The van der Waals surface area contributed by atoms with Gasteiger partial charge in [-0.25, -0.2) is 4.68 Å². The van der Waals surface area contributed by atoms with Gasteiger partial charge in [0.15, 0.2) is 0 Å². The van der Waals surface area contributed by atoms with E-state index in [0.717, 1.165) is 18.5 Å². The summed E-state index contributed by atoms with van der Waals surface area (Å²) in [5.74, 6) is 0.464. The number of nitrogens with zero attached hydrogens (tertiary/aromatic N) is 4. The van der Waals surface area contributed by atoms with Gasteiger partial charge in [0, 0.05) is 18.2 Å². The van der Waals surface area contributed by atoms with Crippen LogP contribution in [0.4, 0.5) is 5.69 Å². The Morgan fingerprint density at radius 1 is 1.50 bits per heavy atom. The lowest BCUT2D eigenvalue weighted by molar-refractivity contribution is -0.116. The maximum atomic E-state index is 11.9. The molecule has 1 aliphatic rings. The number of benzene rings is 1. The van der Waals surface area contributed by atoms with Gasteiger partial charge in [0.05, 0.1) is 5.69 Å². The number of hydrogen-bond donors (Lipinski definition) is 2. The van der Waals surface area contributed by atoms with E-state index in [0.29, 0.717) is 18.0 Å². The minimum Gasteiger partial charge on any atom is -0.327 e. The standard InChI is InChI=1S/C13H16N6O/c14-12(9-4-5-9)7-13(20)16-10-2-1-3-11(6-10)19-8-15-17-18-19/h1-3,6,8-9,12H,4-5,7,14H2,(H,16,20). The zero-order chi connectivity index (χ0) is 13.9. The summed E-state index contributed by atoms with van der Waals surface area (Å²) in [6.07, 6.45) is 4.15. The third-order valence-electron chi connectivity index (χ3n) is 3.39. The van der Waals surface area contributed by atoms with Crippen molar-refractivity contribution in [1.82, 2.24) is 20.2 Å². The summed E-state index contributed by atoms with van der Waals surface area (Å²) in [6.45, 7) is 0. The first-order valence-electron chi connectivity index (χ1n) is 6.61. The van der Waals surface area contributed by atoms with Gasteiger partial charge in [-0.2, -0.15) is 0 Å². The number of hydrogen-bond acceptors (Lipinski definition) is 5. The van der Waals surface area contributed by atoms with Crippen LogP contribution >= 0.6 is 0 Å². The van der Waals surface area contributed by atoms with E-state index in [1.807, 2.05) is 24.3 Å². The zero-order valence-corrected chi connectivity index (χ0v) is 10.9. The smallest absolute Gasteiger partial charge is 0.225 e. The number of nitrogens with one attached hydrogen (secondary N) is 1. The fourth-order valence-electron chi connectivity index (χ4n) is 2.12. The van der Waals surface area contributed by atoms with Crippen molar-refractivity contribution in [2.24, 2.45) is 11.7 Å². The van der Waals surface area contributed by atoms with Gasteiger partial charge in [0.2, 0.25) is 5.91 Å². The monoisotopic (exact) mass is 272 g/mol. The third-order valence-corrected chi connectivity index (χ3v) is 3.39. The third kappa shape index (κ3) is 3.00. The number of carbonyl (C=O) groups excluding carboxylic acids is 1. The second kappa shape index (κ2) is 5.38. The van der Waals surface area contributed by atoms with E-state index >= 15 is 0 Å². The van der Waals surface area contributed by atoms with Crippen LogP contribution in [-0.2, 0) is 4.79 Å². The van der Waals surface area contributed by atoms with Crippen LogP contribution in [-0.4, -0.2) is 32.2 Å². The molecule has 2 aromatic rings. The molecule has 1 atom stereocenters. The molecule has 3 N–H and O–H groups in total. The molecule has 1 unspecified atom stereocenters. The van der Waals surface area contributed by atoms with Crippen molar-refractivity contribution in [1.29, 1.82) is 0 Å². The molecule has 1 saturated carbocycles. The van der Waals surface area contributed by atoms with Crippen LogP contribution in [0.15, 0.2) is 30.6 Å². The van der Waals surface area contributed by atoms with Crippen LogP contribution < -0.4 is 11.1 Å². The molecular weight excluding hydrogens is 256 g/mol. The summed E-state index contributed by atoms with van der Waals surface area (Å²) < 4.78 is 1.53. The van der Waals surface area contributed by atoms with E-state index in [9.17, 15) is 4.79 Å². The minimum absolute atomic E-state index is 0.0299. The Hall–Kier alpha value is -2.28. The molecule has 1 amide bonds. The Morgan fingerprint density at radius 3 is 3.05 bits per heavy atom. The molecule has 1 fully saturated rings. The first kappa shape index (κ1) is 12.7. The van der Waals surface area contributed by atoms with Crippen molar-refractivity contribution in [3.8, 4) is 5.69 Å². The molecule has 1 aromatic carbocycles. The molecule has 0 saturated heterocycles. The zero-order valence-electron chi connectivity index (χ0n) is 10.9. The topological polar surface area (TPSA) is 98.7 Å². The lowest BCUT2D eigenvalue weighted by Gasteiger charge is -2.11. The summed E-state index contributed by atoms with van der Waals surface area (Å²) in [7, 11) is 0. The van der Waals surface area contributed by atoms with Crippen LogP contribution in [0.1, 0.15) is 19.3 Å². The fourth-order valence-corrected chi connectivity index (χ4v) is 2.12. The number of aromatic nitrogens is 4. The second-order valence-corrected chi connectivity index (χ2v) is 5.06. The maximum absolute atomic E-state index is 11.9. The normalized spacial score (nSPS) is 15.8. The highest BCUT2D eigenvalue weighted by Gasteiger charge is 2.29. The Morgan fingerprint density at radius 2 is 2.35 bits per heavy atom. The molecule has 0 radical (unpaired) electrons.